The lowest BCUT2D eigenvalue weighted by Crippen LogP contribution is -2.29. The van der Waals surface area contributed by atoms with Gasteiger partial charge in [0.15, 0.2) is 0 Å². The second-order valence-corrected chi connectivity index (χ2v) is 9.51. The van der Waals surface area contributed by atoms with Gasteiger partial charge in [-0.05, 0) is 54.4 Å². The summed E-state index contributed by atoms with van der Waals surface area (Å²) in [6, 6.07) is 11.9. The number of alkyl halides is 3. The van der Waals surface area contributed by atoms with Crippen LogP contribution in [0.25, 0.3) is 0 Å². The minimum absolute atomic E-state index is 0.181. The quantitative estimate of drug-likeness (QED) is 0.483. The average molecular weight is 499 g/mol. The summed E-state index contributed by atoms with van der Waals surface area (Å²) in [5.74, 6) is -2.19. The van der Waals surface area contributed by atoms with Crippen LogP contribution in [-0.4, -0.2) is 20.9 Å². The van der Waals surface area contributed by atoms with E-state index in [1.54, 1.807) is 24.3 Å². The number of anilines is 2. The molecule has 33 heavy (non-hydrogen) atoms. The minimum atomic E-state index is -4.69. The third kappa shape index (κ3) is 4.40. The fourth-order valence-electron chi connectivity index (χ4n) is 3.51. The smallest absolute Gasteiger partial charge is 0.321 e. The molecule has 0 aromatic heterocycles. The van der Waals surface area contributed by atoms with Crippen LogP contribution in [0.1, 0.15) is 21.5 Å². The second kappa shape index (κ2) is 8.35. The molecule has 0 atom stereocenters. The first kappa shape index (κ1) is 23.1. The van der Waals surface area contributed by atoms with Crippen molar-refractivity contribution in [2.75, 3.05) is 16.2 Å². The number of hydrogen-bond acceptors (Lipinski definition) is 3. The highest BCUT2D eigenvalue weighted by Crippen LogP contribution is 2.35. The Morgan fingerprint density at radius 2 is 1.76 bits per heavy atom. The highest BCUT2D eigenvalue weighted by atomic mass is 35.5. The molecule has 0 saturated heterocycles. The molecule has 0 radical (unpaired) electrons. The molecule has 3 aromatic carbocycles. The van der Waals surface area contributed by atoms with Gasteiger partial charge in [0.1, 0.15) is 5.82 Å². The maximum Gasteiger partial charge on any atom is 0.416 e. The molecule has 3 aromatic rings. The van der Waals surface area contributed by atoms with Crippen LogP contribution in [0.15, 0.2) is 65.6 Å². The molecule has 1 aliphatic rings. The number of nitrogens with zero attached hydrogens (tertiary/aromatic N) is 1. The number of nitrogens with one attached hydrogen (secondary N) is 1. The lowest BCUT2D eigenvalue weighted by molar-refractivity contribution is -0.137. The fraction of sp³-hybridized carbons (Fsp3) is 0.136. The third-order valence-electron chi connectivity index (χ3n) is 5.16. The Balaban J connectivity index is 1.67. The zero-order valence-electron chi connectivity index (χ0n) is 16.7. The molecule has 1 amide bonds. The van der Waals surface area contributed by atoms with Crippen LogP contribution in [0.4, 0.5) is 28.9 Å². The van der Waals surface area contributed by atoms with Crippen molar-refractivity contribution < 1.29 is 30.8 Å². The number of para-hydroxylation sites is 1. The maximum atomic E-state index is 14.4. The van der Waals surface area contributed by atoms with Crippen LogP contribution in [-0.2, 0) is 22.6 Å². The monoisotopic (exact) mass is 498 g/mol. The predicted molar refractivity (Wildman–Crippen MR) is 115 cm³/mol. The van der Waals surface area contributed by atoms with E-state index in [-0.39, 0.29) is 16.5 Å². The number of benzene rings is 3. The lowest BCUT2D eigenvalue weighted by Gasteiger charge is -2.20. The summed E-state index contributed by atoms with van der Waals surface area (Å²) in [6.45, 7) is 0.181. The van der Waals surface area contributed by atoms with Crippen molar-refractivity contribution in [2.24, 2.45) is 0 Å². The molecule has 1 N–H and O–H groups in total. The molecule has 1 aliphatic heterocycles. The van der Waals surface area contributed by atoms with E-state index in [0.29, 0.717) is 18.2 Å². The van der Waals surface area contributed by atoms with Gasteiger partial charge in [-0.2, -0.15) is 13.2 Å². The van der Waals surface area contributed by atoms with E-state index in [4.69, 9.17) is 11.6 Å². The van der Waals surface area contributed by atoms with Gasteiger partial charge in [-0.1, -0.05) is 29.8 Å². The van der Waals surface area contributed by atoms with E-state index in [0.717, 1.165) is 35.9 Å². The van der Waals surface area contributed by atoms with Crippen molar-refractivity contribution in [1.82, 2.24) is 0 Å². The summed E-state index contributed by atoms with van der Waals surface area (Å²) < 4.78 is 80.9. The number of fused-ring (bicyclic) bond motifs is 1. The maximum absolute atomic E-state index is 14.4. The minimum Gasteiger partial charge on any atom is -0.321 e. The summed E-state index contributed by atoms with van der Waals surface area (Å²) in [6.07, 6.45) is -4.19. The number of hydrogen-bond donors (Lipinski definition) is 1. The van der Waals surface area contributed by atoms with Crippen molar-refractivity contribution >= 4 is 38.9 Å². The number of rotatable bonds is 4. The highest BCUT2D eigenvalue weighted by Gasteiger charge is 2.33. The molecule has 5 nitrogen and oxygen atoms in total. The Morgan fingerprint density at radius 1 is 1.03 bits per heavy atom. The zero-order chi connectivity index (χ0) is 24.0. The first-order valence-corrected chi connectivity index (χ1v) is 11.4. The Labute approximate surface area is 191 Å². The number of halogens is 5. The Hall–Kier alpha value is -3.11. The standard InChI is InChI=1S/C22H15ClF4N2O3S/c23-17-7-5-14(22(25,26)27)11-19(17)28-21(30)16-12-15(6-8-18(16)24)33(31,32)29-10-9-13-3-1-2-4-20(13)29/h1-8,11-12H,9-10H2,(H,28,30). The molecule has 0 spiro atoms. The van der Waals surface area contributed by atoms with Gasteiger partial charge in [0, 0.05) is 6.54 Å². The highest BCUT2D eigenvalue weighted by molar-refractivity contribution is 7.92. The van der Waals surface area contributed by atoms with Crippen LogP contribution < -0.4 is 9.62 Å². The van der Waals surface area contributed by atoms with Crippen molar-refractivity contribution in [2.45, 2.75) is 17.5 Å². The van der Waals surface area contributed by atoms with E-state index in [2.05, 4.69) is 5.32 Å². The normalized spacial score (nSPS) is 13.7. The molecule has 0 bridgehead atoms. The Kier molecular flexibility index (Phi) is 5.83. The Bertz CT molecular complexity index is 1360. The number of sulfonamides is 1. The van der Waals surface area contributed by atoms with Crippen molar-refractivity contribution in [3.63, 3.8) is 0 Å². The number of carbonyl (C=O) groups excluding carboxylic acids is 1. The SMILES string of the molecule is O=C(Nc1cc(C(F)(F)F)ccc1Cl)c1cc(S(=O)(=O)N2CCc3ccccc32)ccc1F. The second-order valence-electron chi connectivity index (χ2n) is 7.24. The summed E-state index contributed by atoms with van der Waals surface area (Å²) in [5.41, 5.74) is -0.787. The summed E-state index contributed by atoms with van der Waals surface area (Å²) in [5, 5.41) is 1.92. The molecule has 11 heteroatoms. The largest absolute Gasteiger partial charge is 0.416 e. The molecule has 172 valence electrons. The van der Waals surface area contributed by atoms with Gasteiger partial charge >= 0.3 is 6.18 Å². The first-order chi connectivity index (χ1) is 15.5. The van der Waals surface area contributed by atoms with Gasteiger partial charge in [-0.15, -0.1) is 0 Å². The van der Waals surface area contributed by atoms with E-state index in [1.807, 2.05) is 0 Å². The third-order valence-corrected chi connectivity index (χ3v) is 7.30. The predicted octanol–water partition coefficient (Wildman–Crippen LogP) is 5.50. The van der Waals surface area contributed by atoms with E-state index in [1.165, 1.54) is 4.31 Å². The number of carbonyl (C=O) groups is 1. The van der Waals surface area contributed by atoms with Crippen molar-refractivity contribution in [3.05, 3.63) is 88.2 Å². The molecular formula is C22H15ClF4N2O3S. The van der Waals surface area contributed by atoms with Gasteiger partial charge in [0.2, 0.25) is 0 Å². The summed E-state index contributed by atoms with van der Waals surface area (Å²) in [4.78, 5) is 12.3. The van der Waals surface area contributed by atoms with Crippen LogP contribution in [0.2, 0.25) is 5.02 Å². The van der Waals surface area contributed by atoms with Gasteiger partial charge in [-0.3, -0.25) is 9.10 Å². The first-order valence-electron chi connectivity index (χ1n) is 9.57. The average Bonchev–Trinajstić information content (AvgIpc) is 3.19. The van der Waals surface area contributed by atoms with Crippen LogP contribution in [0.3, 0.4) is 0 Å². The zero-order valence-corrected chi connectivity index (χ0v) is 18.2. The van der Waals surface area contributed by atoms with Crippen LogP contribution in [0.5, 0.6) is 0 Å². The van der Waals surface area contributed by atoms with E-state index in [9.17, 15) is 30.8 Å². The van der Waals surface area contributed by atoms with Crippen molar-refractivity contribution in [1.29, 1.82) is 0 Å². The molecule has 0 unspecified atom stereocenters. The fourth-order valence-corrected chi connectivity index (χ4v) is 5.21. The Morgan fingerprint density at radius 3 is 2.48 bits per heavy atom. The van der Waals surface area contributed by atoms with Crippen LogP contribution >= 0.6 is 11.6 Å². The van der Waals surface area contributed by atoms with E-state index < -0.39 is 44.7 Å². The molecule has 4 rings (SSSR count). The number of amides is 1. The topological polar surface area (TPSA) is 66.5 Å². The van der Waals surface area contributed by atoms with Gasteiger partial charge in [0.25, 0.3) is 15.9 Å². The summed E-state index contributed by atoms with van der Waals surface area (Å²) >= 11 is 5.88. The molecule has 0 fully saturated rings. The van der Waals surface area contributed by atoms with E-state index >= 15 is 0 Å². The molecular weight excluding hydrogens is 484 g/mol. The van der Waals surface area contributed by atoms with Gasteiger partial charge in [0.05, 0.1) is 32.4 Å². The molecule has 1 heterocycles. The van der Waals surface area contributed by atoms with Crippen LogP contribution in [0, 0.1) is 5.82 Å². The summed E-state index contributed by atoms with van der Waals surface area (Å²) in [7, 11) is -4.12. The lowest BCUT2D eigenvalue weighted by atomic mass is 10.1. The van der Waals surface area contributed by atoms with Gasteiger partial charge < -0.3 is 5.32 Å². The van der Waals surface area contributed by atoms with Gasteiger partial charge in [-0.25, -0.2) is 12.8 Å². The van der Waals surface area contributed by atoms with Crippen molar-refractivity contribution in [3.8, 4) is 0 Å². The molecule has 0 saturated carbocycles. The molecule has 0 aliphatic carbocycles.